The van der Waals surface area contributed by atoms with E-state index >= 15 is 0 Å². The van der Waals surface area contributed by atoms with Crippen molar-refractivity contribution in [3.05, 3.63) is 29.8 Å². The molecule has 0 spiro atoms. The Labute approximate surface area is 137 Å². The fourth-order valence-corrected chi connectivity index (χ4v) is 2.10. The van der Waals surface area contributed by atoms with Gasteiger partial charge in [-0.3, -0.25) is 9.59 Å². The van der Waals surface area contributed by atoms with Gasteiger partial charge in [-0.15, -0.1) is 0 Å². The Morgan fingerprint density at radius 2 is 1.87 bits per heavy atom. The number of esters is 1. The SMILES string of the molecule is CCOC(=O)CC(NCCOC)C(=O)c1ccc(N(C)C)cc1. The third-order valence-corrected chi connectivity index (χ3v) is 3.36. The van der Waals surface area contributed by atoms with Crippen molar-refractivity contribution in [2.75, 3.05) is 45.9 Å². The van der Waals surface area contributed by atoms with Crippen molar-refractivity contribution in [1.29, 1.82) is 0 Å². The number of hydrogen-bond acceptors (Lipinski definition) is 6. The topological polar surface area (TPSA) is 67.9 Å². The van der Waals surface area contributed by atoms with Gasteiger partial charge in [0.25, 0.3) is 0 Å². The van der Waals surface area contributed by atoms with E-state index in [0.29, 0.717) is 25.3 Å². The quantitative estimate of drug-likeness (QED) is 0.400. The molecule has 6 heteroatoms. The molecule has 0 heterocycles. The molecule has 1 rings (SSSR count). The molecule has 1 aromatic rings. The van der Waals surface area contributed by atoms with Crippen LogP contribution in [-0.2, 0) is 14.3 Å². The molecule has 0 bridgehead atoms. The summed E-state index contributed by atoms with van der Waals surface area (Å²) in [7, 11) is 5.46. The van der Waals surface area contributed by atoms with Crippen molar-refractivity contribution >= 4 is 17.4 Å². The summed E-state index contributed by atoms with van der Waals surface area (Å²) in [6.07, 6.45) is 0.00577. The third kappa shape index (κ3) is 6.38. The van der Waals surface area contributed by atoms with E-state index < -0.39 is 6.04 Å². The van der Waals surface area contributed by atoms with Crippen LogP contribution < -0.4 is 10.2 Å². The average molecular weight is 322 g/mol. The van der Waals surface area contributed by atoms with Crippen molar-refractivity contribution in [3.63, 3.8) is 0 Å². The first-order chi connectivity index (χ1) is 11.0. The average Bonchev–Trinajstić information content (AvgIpc) is 2.53. The predicted octanol–water partition coefficient (Wildman–Crippen LogP) is 1.49. The molecule has 0 amide bonds. The van der Waals surface area contributed by atoms with Crippen molar-refractivity contribution in [1.82, 2.24) is 5.32 Å². The van der Waals surface area contributed by atoms with Crippen molar-refractivity contribution < 1.29 is 19.1 Å². The number of ketones is 1. The number of rotatable bonds is 10. The minimum Gasteiger partial charge on any atom is -0.466 e. The lowest BCUT2D eigenvalue weighted by Crippen LogP contribution is -2.40. The Morgan fingerprint density at radius 1 is 1.22 bits per heavy atom. The lowest BCUT2D eigenvalue weighted by molar-refractivity contribution is -0.143. The van der Waals surface area contributed by atoms with Crippen molar-refractivity contribution in [3.8, 4) is 0 Å². The second kappa shape index (κ2) is 9.97. The minimum absolute atomic E-state index is 0.00577. The Balaban J connectivity index is 2.81. The third-order valence-electron chi connectivity index (χ3n) is 3.36. The molecule has 0 aliphatic rings. The van der Waals surface area contributed by atoms with Crippen LogP contribution in [0, 0.1) is 0 Å². The number of carbonyl (C=O) groups excluding carboxylic acids is 2. The van der Waals surface area contributed by atoms with E-state index in [4.69, 9.17) is 9.47 Å². The number of ether oxygens (including phenoxy) is 2. The summed E-state index contributed by atoms with van der Waals surface area (Å²) in [4.78, 5) is 26.3. The van der Waals surface area contributed by atoms with E-state index in [9.17, 15) is 9.59 Å². The molecular weight excluding hydrogens is 296 g/mol. The fourth-order valence-electron chi connectivity index (χ4n) is 2.10. The summed E-state index contributed by atoms with van der Waals surface area (Å²) in [5.41, 5.74) is 1.57. The first-order valence-corrected chi connectivity index (χ1v) is 7.69. The lowest BCUT2D eigenvalue weighted by Gasteiger charge is -2.18. The molecule has 0 saturated carbocycles. The maximum absolute atomic E-state index is 12.6. The number of hydrogen-bond donors (Lipinski definition) is 1. The molecule has 0 saturated heterocycles. The van der Waals surface area contributed by atoms with Gasteiger partial charge in [0.2, 0.25) is 0 Å². The highest BCUT2D eigenvalue weighted by molar-refractivity contribution is 6.02. The van der Waals surface area contributed by atoms with Gasteiger partial charge >= 0.3 is 5.97 Å². The summed E-state index contributed by atoms with van der Waals surface area (Å²) >= 11 is 0. The van der Waals surface area contributed by atoms with Crippen LogP contribution in [0.1, 0.15) is 23.7 Å². The van der Waals surface area contributed by atoms with E-state index in [1.54, 1.807) is 26.2 Å². The van der Waals surface area contributed by atoms with Gasteiger partial charge in [0.05, 0.1) is 25.7 Å². The highest BCUT2D eigenvalue weighted by atomic mass is 16.5. The van der Waals surface area contributed by atoms with Crippen molar-refractivity contribution in [2.24, 2.45) is 0 Å². The van der Waals surface area contributed by atoms with E-state index in [-0.39, 0.29) is 18.2 Å². The van der Waals surface area contributed by atoms with Crippen LogP contribution in [0.25, 0.3) is 0 Å². The van der Waals surface area contributed by atoms with E-state index in [1.165, 1.54) is 0 Å². The van der Waals surface area contributed by atoms with E-state index in [2.05, 4.69) is 5.32 Å². The largest absolute Gasteiger partial charge is 0.466 e. The van der Waals surface area contributed by atoms with Gasteiger partial charge < -0.3 is 19.7 Å². The van der Waals surface area contributed by atoms with Gasteiger partial charge in [-0.1, -0.05) is 0 Å². The lowest BCUT2D eigenvalue weighted by atomic mass is 10.0. The molecule has 23 heavy (non-hydrogen) atoms. The number of nitrogens with zero attached hydrogens (tertiary/aromatic N) is 1. The molecule has 1 aromatic carbocycles. The number of Topliss-reactive ketones (excluding diaryl/α,β-unsaturated/α-hetero) is 1. The van der Waals surface area contributed by atoms with Crippen LogP contribution >= 0.6 is 0 Å². The monoisotopic (exact) mass is 322 g/mol. The molecule has 128 valence electrons. The summed E-state index contributed by atoms with van der Waals surface area (Å²) in [5, 5.41) is 3.06. The van der Waals surface area contributed by atoms with Gasteiger partial charge in [0.15, 0.2) is 5.78 Å². The minimum atomic E-state index is -0.616. The number of nitrogens with one attached hydrogen (secondary N) is 1. The van der Waals surface area contributed by atoms with Gasteiger partial charge in [-0.25, -0.2) is 0 Å². The van der Waals surface area contributed by atoms with Crippen LogP contribution in [0.4, 0.5) is 5.69 Å². The Hall–Kier alpha value is -1.92. The highest BCUT2D eigenvalue weighted by Crippen LogP contribution is 2.14. The molecule has 0 aliphatic heterocycles. The molecule has 1 unspecified atom stereocenters. The number of anilines is 1. The first-order valence-electron chi connectivity index (χ1n) is 7.69. The fraction of sp³-hybridized carbons (Fsp3) is 0.529. The summed E-state index contributed by atoms with van der Waals surface area (Å²) < 4.78 is 9.92. The van der Waals surface area contributed by atoms with Crippen LogP contribution in [0.15, 0.2) is 24.3 Å². The standard InChI is InChI=1S/C17H26N2O4/c1-5-23-16(20)12-15(18-10-11-22-4)17(21)13-6-8-14(9-7-13)19(2)3/h6-9,15,18H,5,10-12H2,1-4H3. The van der Waals surface area contributed by atoms with E-state index in [1.807, 2.05) is 31.1 Å². The molecule has 1 atom stereocenters. The Kier molecular flexibility index (Phi) is 8.29. The van der Waals surface area contributed by atoms with E-state index in [0.717, 1.165) is 5.69 Å². The van der Waals surface area contributed by atoms with Crippen molar-refractivity contribution in [2.45, 2.75) is 19.4 Å². The maximum atomic E-state index is 12.6. The number of benzene rings is 1. The smallest absolute Gasteiger partial charge is 0.307 e. The zero-order chi connectivity index (χ0) is 17.2. The number of methoxy groups -OCH3 is 1. The maximum Gasteiger partial charge on any atom is 0.307 e. The Bertz CT molecular complexity index is 500. The second-order valence-electron chi connectivity index (χ2n) is 5.31. The molecule has 0 radical (unpaired) electrons. The molecular formula is C17H26N2O4. The van der Waals surface area contributed by atoms with Gasteiger partial charge in [-0.2, -0.15) is 0 Å². The molecule has 0 aromatic heterocycles. The second-order valence-corrected chi connectivity index (χ2v) is 5.31. The van der Waals surface area contributed by atoms with Crippen LogP contribution in [-0.4, -0.2) is 58.8 Å². The molecule has 1 N–H and O–H groups in total. The van der Waals surface area contributed by atoms with Gasteiger partial charge in [-0.05, 0) is 31.2 Å². The molecule has 6 nitrogen and oxygen atoms in total. The van der Waals surface area contributed by atoms with Gasteiger partial charge in [0.1, 0.15) is 0 Å². The summed E-state index contributed by atoms with van der Waals surface area (Å²) in [6.45, 7) is 3.00. The van der Waals surface area contributed by atoms with Crippen LogP contribution in [0.3, 0.4) is 0 Å². The zero-order valence-corrected chi connectivity index (χ0v) is 14.3. The summed E-state index contributed by atoms with van der Waals surface area (Å²) in [5.74, 6) is -0.514. The van der Waals surface area contributed by atoms with Gasteiger partial charge in [0, 0.05) is 39.0 Å². The van der Waals surface area contributed by atoms with Crippen LogP contribution in [0.5, 0.6) is 0 Å². The molecule has 0 aliphatic carbocycles. The predicted molar refractivity (Wildman–Crippen MR) is 90.0 cm³/mol. The number of carbonyl (C=O) groups is 2. The van der Waals surface area contributed by atoms with Crippen LogP contribution in [0.2, 0.25) is 0 Å². The highest BCUT2D eigenvalue weighted by Gasteiger charge is 2.23. The normalized spacial score (nSPS) is 11.8. The Morgan fingerprint density at radius 3 is 2.39 bits per heavy atom. The zero-order valence-electron chi connectivity index (χ0n) is 14.3. The summed E-state index contributed by atoms with van der Waals surface area (Å²) in [6, 6.07) is 6.68. The molecule has 0 fully saturated rings. The first kappa shape index (κ1) is 19.1.